The summed E-state index contributed by atoms with van der Waals surface area (Å²) in [4.78, 5) is 22.9. The van der Waals surface area contributed by atoms with Crippen LogP contribution in [0, 0.1) is 0 Å². The summed E-state index contributed by atoms with van der Waals surface area (Å²) >= 11 is 5.71. The Morgan fingerprint density at radius 3 is 2.27 bits per heavy atom. The third-order valence-electron chi connectivity index (χ3n) is 2.03. The molecule has 1 aromatic heterocycles. The summed E-state index contributed by atoms with van der Waals surface area (Å²) in [5.74, 6) is 0. The van der Waals surface area contributed by atoms with Crippen LogP contribution in [0.3, 0.4) is 0 Å². The average molecular weight is 226 g/mol. The summed E-state index contributed by atoms with van der Waals surface area (Å²) in [6, 6.07) is 6.46. The van der Waals surface area contributed by atoms with Crippen molar-refractivity contribution in [1.29, 1.82) is 0 Å². The molecule has 0 aliphatic rings. The quantitative estimate of drug-likeness (QED) is 0.769. The first-order chi connectivity index (χ1) is 7.09. The Bertz CT molecular complexity index is 591. The summed E-state index contributed by atoms with van der Waals surface area (Å²) in [6.45, 7) is 0. The molecule has 0 aliphatic heterocycles. The van der Waals surface area contributed by atoms with Gasteiger partial charge in [-0.25, -0.2) is 23.9 Å². The van der Waals surface area contributed by atoms with E-state index >= 15 is 0 Å². The molecule has 0 saturated carbocycles. The van der Waals surface area contributed by atoms with Crippen LogP contribution >= 0.6 is 11.6 Å². The second kappa shape index (κ2) is 3.43. The third kappa shape index (κ3) is 1.61. The molecule has 2 aromatic rings. The van der Waals surface area contributed by atoms with E-state index in [0.29, 0.717) is 10.7 Å². The lowest BCUT2D eigenvalue weighted by atomic mass is 10.3. The number of aromatic amines is 1. The maximum atomic E-state index is 11.5. The highest BCUT2D eigenvalue weighted by molar-refractivity contribution is 6.30. The number of benzene rings is 1. The lowest BCUT2D eigenvalue weighted by molar-refractivity contribution is 0.723. The smallest absolute Gasteiger partial charge is 0.246 e. The van der Waals surface area contributed by atoms with Crippen molar-refractivity contribution in [3.05, 3.63) is 50.3 Å². The fourth-order valence-electron chi connectivity index (χ4n) is 1.30. The molecule has 6 heteroatoms. The Hall–Kier alpha value is -1.75. The first kappa shape index (κ1) is 9.79. The molecule has 1 aromatic carbocycles. The lowest BCUT2D eigenvalue weighted by Gasteiger charge is -1.98. The molecule has 0 spiro atoms. The Balaban J connectivity index is 2.69. The van der Waals surface area contributed by atoms with Gasteiger partial charge in [0.05, 0.1) is 5.69 Å². The number of nitrogens with one attached hydrogen (secondary N) is 1. The zero-order valence-electron chi connectivity index (χ0n) is 7.90. The highest BCUT2D eigenvalue weighted by Gasteiger charge is 2.07. The van der Waals surface area contributed by atoms with Crippen LogP contribution in [-0.4, -0.2) is 14.3 Å². The van der Waals surface area contributed by atoms with E-state index in [1.807, 2.05) is 0 Å². The van der Waals surface area contributed by atoms with Gasteiger partial charge in [0.25, 0.3) is 0 Å². The predicted molar refractivity (Wildman–Crippen MR) is 56.6 cm³/mol. The number of halogens is 1. The highest BCUT2D eigenvalue weighted by Crippen LogP contribution is 2.10. The third-order valence-corrected chi connectivity index (χ3v) is 2.28. The number of nitrogens with zero attached hydrogens (tertiary/aromatic N) is 2. The molecule has 0 amide bonds. The molecule has 78 valence electrons. The second-order valence-corrected chi connectivity index (χ2v) is 3.51. The highest BCUT2D eigenvalue weighted by atomic mass is 35.5. The van der Waals surface area contributed by atoms with Crippen LogP contribution in [0.5, 0.6) is 0 Å². The van der Waals surface area contributed by atoms with E-state index in [0.717, 1.165) is 9.25 Å². The molecule has 0 saturated heterocycles. The molecule has 1 heterocycles. The normalized spacial score (nSPS) is 10.5. The van der Waals surface area contributed by atoms with E-state index in [-0.39, 0.29) is 0 Å². The Labute approximate surface area is 89.5 Å². The van der Waals surface area contributed by atoms with Crippen molar-refractivity contribution >= 4 is 11.6 Å². The molecular weight excluding hydrogens is 218 g/mol. The largest absolute Gasteiger partial charge is 0.351 e. The Morgan fingerprint density at radius 1 is 1.20 bits per heavy atom. The monoisotopic (exact) mass is 225 g/mol. The van der Waals surface area contributed by atoms with Crippen LogP contribution in [0.4, 0.5) is 0 Å². The van der Waals surface area contributed by atoms with Crippen LogP contribution in [-0.2, 0) is 7.05 Å². The molecule has 0 atom stereocenters. The van der Waals surface area contributed by atoms with E-state index in [9.17, 15) is 9.59 Å². The van der Waals surface area contributed by atoms with Gasteiger partial charge >= 0.3 is 11.4 Å². The number of rotatable bonds is 1. The first-order valence-corrected chi connectivity index (χ1v) is 4.61. The summed E-state index contributed by atoms with van der Waals surface area (Å²) in [5, 5.41) is 2.92. The molecule has 1 N–H and O–H groups in total. The molecule has 15 heavy (non-hydrogen) atoms. The maximum Gasteiger partial charge on any atom is 0.351 e. The topological polar surface area (TPSA) is 59.8 Å². The van der Waals surface area contributed by atoms with Crippen LogP contribution in [0.25, 0.3) is 5.69 Å². The average Bonchev–Trinajstić information content (AvgIpc) is 2.44. The van der Waals surface area contributed by atoms with Gasteiger partial charge in [0, 0.05) is 12.1 Å². The van der Waals surface area contributed by atoms with Gasteiger partial charge in [-0.15, -0.1) is 0 Å². The summed E-state index contributed by atoms with van der Waals surface area (Å²) in [7, 11) is 1.48. The minimum atomic E-state index is -0.468. The zero-order chi connectivity index (χ0) is 11.0. The van der Waals surface area contributed by atoms with E-state index in [1.54, 1.807) is 24.3 Å². The van der Waals surface area contributed by atoms with Crippen LogP contribution < -0.4 is 11.4 Å². The summed E-state index contributed by atoms with van der Waals surface area (Å²) in [5.41, 5.74) is -0.390. The number of hydrogen-bond donors (Lipinski definition) is 1. The molecule has 2 rings (SSSR count). The van der Waals surface area contributed by atoms with E-state index in [1.165, 1.54) is 7.05 Å². The SMILES string of the molecule is Cn1[nH]c(=O)n(-c2ccc(Cl)cc2)c1=O. The Kier molecular flexibility index (Phi) is 2.24. The van der Waals surface area contributed by atoms with E-state index in [4.69, 9.17) is 11.6 Å². The van der Waals surface area contributed by atoms with E-state index < -0.39 is 11.4 Å². The molecule has 0 aliphatic carbocycles. The van der Waals surface area contributed by atoms with Crippen molar-refractivity contribution in [3.8, 4) is 5.69 Å². The summed E-state index contributed by atoms with van der Waals surface area (Å²) in [6.07, 6.45) is 0. The maximum absolute atomic E-state index is 11.5. The minimum absolute atomic E-state index is 0.415. The molecular formula is C9H8ClN3O2. The van der Waals surface area contributed by atoms with Gasteiger partial charge in [-0.05, 0) is 24.3 Å². The van der Waals surface area contributed by atoms with Crippen molar-refractivity contribution in [1.82, 2.24) is 14.3 Å². The fourth-order valence-corrected chi connectivity index (χ4v) is 1.42. The molecule has 5 nitrogen and oxygen atoms in total. The summed E-state index contributed by atoms with van der Waals surface area (Å²) < 4.78 is 2.16. The number of aryl methyl sites for hydroxylation is 1. The molecule has 0 bridgehead atoms. The molecule has 0 fully saturated rings. The van der Waals surface area contributed by atoms with Gasteiger partial charge in [0.2, 0.25) is 0 Å². The standard InChI is InChI=1S/C9H8ClN3O2/c1-12-9(15)13(8(14)11-12)7-4-2-6(10)3-5-7/h2-5H,1H3,(H,11,14). The van der Waals surface area contributed by atoms with Gasteiger partial charge in [0.1, 0.15) is 0 Å². The van der Waals surface area contributed by atoms with Crippen molar-refractivity contribution < 1.29 is 0 Å². The predicted octanol–water partition coefficient (Wildman–Crippen LogP) is 0.518. The van der Waals surface area contributed by atoms with Crippen LogP contribution in [0.15, 0.2) is 33.9 Å². The van der Waals surface area contributed by atoms with Crippen LogP contribution in [0.1, 0.15) is 0 Å². The van der Waals surface area contributed by atoms with Crippen molar-refractivity contribution in [2.45, 2.75) is 0 Å². The molecule has 0 radical (unpaired) electrons. The van der Waals surface area contributed by atoms with Gasteiger partial charge in [-0.3, -0.25) is 0 Å². The number of H-pyrrole nitrogens is 1. The van der Waals surface area contributed by atoms with Crippen LogP contribution in [0.2, 0.25) is 5.02 Å². The zero-order valence-corrected chi connectivity index (χ0v) is 8.65. The van der Waals surface area contributed by atoms with Crippen molar-refractivity contribution in [3.63, 3.8) is 0 Å². The van der Waals surface area contributed by atoms with Crippen molar-refractivity contribution in [2.75, 3.05) is 0 Å². The van der Waals surface area contributed by atoms with Gasteiger partial charge in [-0.1, -0.05) is 11.6 Å². The van der Waals surface area contributed by atoms with Gasteiger partial charge < -0.3 is 0 Å². The van der Waals surface area contributed by atoms with E-state index in [2.05, 4.69) is 5.10 Å². The Morgan fingerprint density at radius 2 is 1.80 bits per heavy atom. The number of hydrogen-bond acceptors (Lipinski definition) is 2. The molecule has 0 unspecified atom stereocenters. The second-order valence-electron chi connectivity index (χ2n) is 3.07. The minimum Gasteiger partial charge on any atom is -0.246 e. The van der Waals surface area contributed by atoms with Gasteiger partial charge in [0.15, 0.2) is 0 Å². The fraction of sp³-hybridized carbons (Fsp3) is 0.111. The lowest BCUT2D eigenvalue weighted by Crippen LogP contribution is -2.26. The number of aromatic nitrogens is 3. The van der Waals surface area contributed by atoms with Crippen molar-refractivity contribution in [2.24, 2.45) is 7.05 Å². The van der Waals surface area contributed by atoms with Gasteiger partial charge in [-0.2, -0.15) is 0 Å². The first-order valence-electron chi connectivity index (χ1n) is 4.23.